The van der Waals surface area contributed by atoms with Gasteiger partial charge in [0.05, 0.1) is 12.7 Å². The number of nitrogens with zero attached hydrogens (tertiary/aromatic N) is 1. The van der Waals surface area contributed by atoms with Crippen molar-refractivity contribution in [3.05, 3.63) is 29.1 Å². The van der Waals surface area contributed by atoms with Gasteiger partial charge in [-0.15, -0.1) is 6.42 Å². The molecule has 0 saturated carbocycles. The van der Waals surface area contributed by atoms with Crippen molar-refractivity contribution in [3.63, 3.8) is 0 Å². The van der Waals surface area contributed by atoms with Crippen LogP contribution in [0.1, 0.15) is 21.7 Å². The van der Waals surface area contributed by atoms with Crippen LogP contribution in [0.2, 0.25) is 0 Å². The maximum Gasteiger partial charge on any atom is 0.433 e. The number of amides is 1. The fourth-order valence-electron chi connectivity index (χ4n) is 1.06. The summed E-state index contributed by atoms with van der Waals surface area (Å²) >= 11 is 0. The van der Waals surface area contributed by atoms with Crippen molar-refractivity contribution >= 4 is 5.91 Å². The van der Waals surface area contributed by atoms with Gasteiger partial charge in [-0.05, 0) is 18.1 Å². The van der Waals surface area contributed by atoms with Gasteiger partial charge in [0.25, 0.3) is 5.91 Å². The SMILES string of the molecule is C#Cc1nc(C(F)(F)F)ccc1C(=O)NOC. The monoisotopic (exact) mass is 244 g/mol. The average molecular weight is 244 g/mol. The number of carbonyl (C=O) groups excluding carboxylic acids is 1. The minimum absolute atomic E-state index is 0.164. The molecule has 1 aromatic heterocycles. The highest BCUT2D eigenvalue weighted by Crippen LogP contribution is 2.28. The predicted octanol–water partition coefficient (Wildman–Crippen LogP) is 1.37. The fourth-order valence-corrected chi connectivity index (χ4v) is 1.06. The van der Waals surface area contributed by atoms with Gasteiger partial charge in [-0.1, -0.05) is 0 Å². The molecule has 0 unspecified atom stereocenters. The van der Waals surface area contributed by atoms with Crippen LogP contribution in [-0.2, 0) is 11.0 Å². The van der Waals surface area contributed by atoms with Crippen LogP contribution >= 0.6 is 0 Å². The standard InChI is InChI=1S/C10H7F3N2O2/c1-3-7-6(9(16)15-17-2)4-5-8(14-7)10(11,12)13/h1,4-5H,2H3,(H,15,16). The quantitative estimate of drug-likeness (QED) is 0.631. The van der Waals surface area contributed by atoms with E-state index in [1.807, 2.05) is 11.4 Å². The molecule has 90 valence electrons. The largest absolute Gasteiger partial charge is 0.433 e. The van der Waals surface area contributed by atoms with Gasteiger partial charge in [0.15, 0.2) is 0 Å². The Balaban J connectivity index is 3.20. The number of pyridine rings is 1. The first kappa shape index (κ1) is 13.0. The summed E-state index contributed by atoms with van der Waals surface area (Å²) in [5, 5.41) is 0. The van der Waals surface area contributed by atoms with Crippen molar-refractivity contribution in [1.29, 1.82) is 0 Å². The van der Waals surface area contributed by atoms with Crippen LogP contribution in [0.5, 0.6) is 0 Å². The van der Waals surface area contributed by atoms with Gasteiger partial charge in [-0.25, -0.2) is 10.5 Å². The molecule has 17 heavy (non-hydrogen) atoms. The average Bonchev–Trinajstić information content (AvgIpc) is 2.27. The van der Waals surface area contributed by atoms with Crippen molar-refractivity contribution < 1.29 is 22.8 Å². The molecule has 1 rings (SSSR count). The van der Waals surface area contributed by atoms with Crippen LogP contribution in [0.3, 0.4) is 0 Å². The summed E-state index contributed by atoms with van der Waals surface area (Å²) in [5.41, 5.74) is 0.227. The summed E-state index contributed by atoms with van der Waals surface area (Å²) in [5.74, 6) is 1.16. The van der Waals surface area contributed by atoms with Gasteiger partial charge in [0.2, 0.25) is 0 Å². The van der Waals surface area contributed by atoms with Gasteiger partial charge < -0.3 is 0 Å². The second-order valence-electron chi connectivity index (χ2n) is 2.87. The third kappa shape index (κ3) is 2.95. The Bertz CT molecular complexity index is 477. The summed E-state index contributed by atoms with van der Waals surface area (Å²) in [7, 11) is 1.19. The molecule has 1 aromatic rings. The van der Waals surface area contributed by atoms with E-state index in [1.165, 1.54) is 7.11 Å². The molecule has 0 aliphatic heterocycles. The number of hydrogen-bond acceptors (Lipinski definition) is 3. The van der Waals surface area contributed by atoms with E-state index in [0.717, 1.165) is 6.07 Å². The lowest BCUT2D eigenvalue weighted by Crippen LogP contribution is -2.24. The molecule has 0 atom stereocenters. The van der Waals surface area contributed by atoms with E-state index in [2.05, 4.69) is 9.82 Å². The molecule has 4 nitrogen and oxygen atoms in total. The molecule has 0 spiro atoms. The molecule has 0 fully saturated rings. The Morgan fingerprint density at radius 1 is 1.53 bits per heavy atom. The van der Waals surface area contributed by atoms with Crippen LogP contribution in [-0.4, -0.2) is 18.0 Å². The zero-order valence-corrected chi connectivity index (χ0v) is 8.63. The zero-order valence-electron chi connectivity index (χ0n) is 8.63. The van der Waals surface area contributed by atoms with E-state index in [9.17, 15) is 18.0 Å². The van der Waals surface area contributed by atoms with E-state index in [-0.39, 0.29) is 5.56 Å². The molecular weight excluding hydrogens is 237 g/mol. The highest BCUT2D eigenvalue weighted by atomic mass is 19.4. The first-order valence-electron chi connectivity index (χ1n) is 4.28. The lowest BCUT2D eigenvalue weighted by molar-refractivity contribution is -0.141. The molecule has 0 saturated heterocycles. The van der Waals surface area contributed by atoms with Gasteiger partial charge in [0, 0.05) is 0 Å². The Hall–Kier alpha value is -2.07. The first-order valence-corrected chi connectivity index (χ1v) is 4.28. The lowest BCUT2D eigenvalue weighted by Gasteiger charge is -2.08. The molecule has 0 aromatic carbocycles. The van der Waals surface area contributed by atoms with Crippen LogP contribution in [0.15, 0.2) is 12.1 Å². The predicted molar refractivity (Wildman–Crippen MR) is 51.6 cm³/mol. The van der Waals surface area contributed by atoms with Crippen LogP contribution < -0.4 is 5.48 Å². The minimum atomic E-state index is -4.61. The number of terminal acetylenes is 1. The van der Waals surface area contributed by atoms with Crippen molar-refractivity contribution in [2.24, 2.45) is 0 Å². The molecule has 1 heterocycles. The number of rotatable bonds is 2. The summed E-state index contributed by atoms with van der Waals surface area (Å²) in [6.07, 6.45) is 0.387. The number of hydroxylamine groups is 1. The summed E-state index contributed by atoms with van der Waals surface area (Å²) in [4.78, 5) is 18.9. The second-order valence-corrected chi connectivity index (χ2v) is 2.87. The van der Waals surface area contributed by atoms with Crippen molar-refractivity contribution in [2.45, 2.75) is 6.18 Å². The highest BCUT2D eigenvalue weighted by molar-refractivity contribution is 5.95. The topological polar surface area (TPSA) is 51.2 Å². The fraction of sp³-hybridized carbons (Fsp3) is 0.200. The summed E-state index contributed by atoms with van der Waals surface area (Å²) in [6.45, 7) is 0. The minimum Gasteiger partial charge on any atom is -0.277 e. The Morgan fingerprint density at radius 3 is 2.65 bits per heavy atom. The molecule has 0 bridgehead atoms. The molecular formula is C10H7F3N2O2. The van der Waals surface area contributed by atoms with E-state index in [0.29, 0.717) is 6.07 Å². The normalized spacial score (nSPS) is 10.8. The van der Waals surface area contributed by atoms with Gasteiger partial charge >= 0.3 is 6.18 Å². The number of hydrogen-bond donors (Lipinski definition) is 1. The maximum absolute atomic E-state index is 12.3. The van der Waals surface area contributed by atoms with E-state index >= 15 is 0 Å². The summed E-state index contributed by atoms with van der Waals surface area (Å²) in [6, 6.07) is 1.62. The number of alkyl halides is 3. The molecule has 0 aliphatic carbocycles. The third-order valence-electron chi connectivity index (χ3n) is 1.76. The number of nitrogens with one attached hydrogen (secondary N) is 1. The molecule has 1 amide bonds. The Labute approximate surface area is 94.8 Å². The van der Waals surface area contributed by atoms with E-state index < -0.39 is 23.5 Å². The van der Waals surface area contributed by atoms with Crippen LogP contribution in [0.25, 0.3) is 0 Å². The second kappa shape index (κ2) is 4.84. The third-order valence-corrected chi connectivity index (χ3v) is 1.76. The zero-order chi connectivity index (χ0) is 13.1. The van der Waals surface area contributed by atoms with Gasteiger partial charge in [-0.3, -0.25) is 9.63 Å². The Morgan fingerprint density at radius 2 is 2.18 bits per heavy atom. The van der Waals surface area contributed by atoms with Crippen LogP contribution in [0.4, 0.5) is 13.2 Å². The smallest absolute Gasteiger partial charge is 0.277 e. The van der Waals surface area contributed by atoms with Crippen molar-refractivity contribution in [3.8, 4) is 12.3 Å². The van der Waals surface area contributed by atoms with Crippen molar-refractivity contribution in [2.75, 3.05) is 7.11 Å². The van der Waals surface area contributed by atoms with Gasteiger partial charge in [-0.2, -0.15) is 13.2 Å². The molecule has 1 N–H and O–H groups in total. The molecule has 0 radical (unpaired) electrons. The lowest BCUT2D eigenvalue weighted by atomic mass is 10.1. The molecule has 0 aliphatic rings. The van der Waals surface area contributed by atoms with Gasteiger partial charge in [0.1, 0.15) is 11.4 Å². The first-order chi connectivity index (χ1) is 7.90. The van der Waals surface area contributed by atoms with E-state index in [4.69, 9.17) is 6.42 Å². The Kier molecular flexibility index (Phi) is 3.70. The number of halogens is 3. The number of carbonyl (C=O) groups is 1. The van der Waals surface area contributed by atoms with Crippen LogP contribution in [0, 0.1) is 12.3 Å². The maximum atomic E-state index is 12.3. The number of aromatic nitrogens is 1. The van der Waals surface area contributed by atoms with E-state index in [1.54, 1.807) is 0 Å². The van der Waals surface area contributed by atoms with Crippen molar-refractivity contribution in [1.82, 2.24) is 10.5 Å². The highest BCUT2D eigenvalue weighted by Gasteiger charge is 2.33. The summed E-state index contributed by atoms with van der Waals surface area (Å²) < 4.78 is 37.0. The molecule has 7 heteroatoms.